The molecule has 4 atom stereocenters. The van der Waals surface area contributed by atoms with Crippen molar-refractivity contribution < 1.29 is 29.4 Å². The minimum atomic E-state index is -1.21. The van der Waals surface area contributed by atoms with Gasteiger partial charge in [-0.25, -0.2) is 4.79 Å². The predicted molar refractivity (Wildman–Crippen MR) is 147 cm³/mol. The Morgan fingerprint density at radius 3 is 1.97 bits per heavy atom. The van der Waals surface area contributed by atoms with Gasteiger partial charge in [0.2, 0.25) is 17.7 Å². The molecule has 0 saturated carbocycles. The molecule has 0 aliphatic heterocycles. The zero-order valence-corrected chi connectivity index (χ0v) is 23.0. The van der Waals surface area contributed by atoms with Crippen LogP contribution in [0.25, 0.3) is 0 Å². The van der Waals surface area contributed by atoms with E-state index in [1.807, 2.05) is 13.8 Å². The van der Waals surface area contributed by atoms with Gasteiger partial charge in [-0.1, -0.05) is 39.8 Å². The van der Waals surface area contributed by atoms with Crippen LogP contribution in [0.2, 0.25) is 0 Å². The summed E-state index contributed by atoms with van der Waals surface area (Å²) in [6.45, 7) is 7.32. The zero-order chi connectivity index (χ0) is 29.7. The van der Waals surface area contributed by atoms with E-state index < -0.39 is 53.8 Å². The quantitative estimate of drug-likeness (QED) is 0.0756. The Hall–Kier alpha value is -3.87. The number of phenols is 1. The lowest BCUT2D eigenvalue weighted by molar-refractivity contribution is -0.143. The monoisotopic (exact) mass is 549 g/mol. The number of phenolic OH excluding ortho intramolecular Hbond substituents is 1. The van der Waals surface area contributed by atoms with Crippen LogP contribution in [0, 0.1) is 11.8 Å². The first kappa shape index (κ1) is 33.2. The summed E-state index contributed by atoms with van der Waals surface area (Å²) in [6, 6.07) is 1.87. The van der Waals surface area contributed by atoms with Crippen molar-refractivity contribution in [1.29, 1.82) is 0 Å². The van der Waals surface area contributed by atoms with Crippen LogP contribution in [0.15, 0.2) is 29.3 Å². The van der Waals surface area contributed by atoms with Crippen molar-refractivity contribution >= 4 is 29.7 Å². The van der Waals surface area contributed by atoms with Gasteiger partial charge in [0.1, 0.15) is 23.9 Å². The van der Waals surface area contributed by atoms with Crippen LogP contribution in [0.5, 0.6) is 5.75 Å². The van der Waals surface area contributed by atoms with Crippen molar-refractivity contribution in [2.45, 2.75) is 77.5 Å². The van der Waals surface area contributed by atoms with Crippen LogP contribution in [-0.4, -0.2) is 70.6 Å². The minimum absolute atomic E-state index is 0.0402. The molecule has 0 spiro atoms. The van der Waals surface area contributed by atoms with Crippen LogP contribution in [0.3, 0.4) is 0 Å². The number of guanidine groups is 1. The van der Waals surface area contributed by atoms with Gasteiger partial charge >= 0.3 is 5.97 Å². The number of carboxylic acid groups (broad SMARTS) is 1. The zero-order valence-electron chi connectivity index (χ0n) is 23.0. The number of amides is 3. The number of hydrogen-bond acceptors (Lipinski definition) is 7. The highest BCUT2D eigenvalue weighted by molar-refractivity contribution is 5.94. The molecule has 1 aromatic carbocycles. The number of benzene rings is 1. The highest BCUT2D eigenvalue weighted by Gasteiger charge is 2.31. The summed E-state index contributed by atoms with van der Waals surface area (Å²) in [4.78, 5) is 54.8. The molecule has 0 fully saturated rings. The van der Waals surface area contributed by atoms with E-state index in [4.69, 9.17) is 17.2 Å². The number of rotatable bonds is 16. The number of carboxylic acids is 1. The smallest absolute Gasteiger partial charge is 0.326 e. The lowest BCUT2D eigenvalue weighted by Crippen LogP contribution is -2.58. The molecule has 0 radical (unpaired) electrons. The van der Waals surface area contributed by atoms with E-state index in [-0.39, 0.29) is 37.0 Å². The minimum Gasteiger partial charge on any atom is -0.508 e. The molecule has 11 N–H and O–H groups in total. The maximum absolute atomic E-state index is 13.4. The van der Waals surface area contributed by atoms with E-state index in [0.29, 0.717) is 18.4 Å². The highest BCUT2D eigenvalue weighted by Crippen LogP contribution is 2.13. The van der Waals surface area contributed by atoms with Gasteiger partial charge in [0.25, 0.3) is 0 Å². The highest BCUT2D eigenvalue weighted by atomic mass is 16.4. The Balaban J connectivity index is 3.18. The number of nitrogens with two attached hydrogens (primary N) is 3. The topological polar surface area (TPSA) is 235 Å². The average Bonchev–Trinajstić information content (AvgIpc) is 2.83. The van der Waals surface area contributed by atoms with E-state index in [1.165, 1.54) is 12.1 Å². The van der Waals surface area contributed by atoms with Crippen LogP contribution in [-0.2, 0) is 25.6 Å². The maximum atomic E-state index is 13.4. The lowest BCUT2D eigenvalue weighted by atomic mass is 10.0. The molecular weight excluding hydrogens is 506 g/mol. The summed E-state index contributed by atoms with van der Waals surface area (Å²) in [7, 11) is 0. The number of aromatic hydroxyl groups is 1. The molecule has 0 heterocycles. The molecule has 1 rings (SSSR count). The van der Waals surface area contributed by atoms with Crippen LogP contribution < -0.4 is 33.2 Å². The van der Waals surface area contributed by atoms with Gasteiger partial charge in [-0.15, -0.1) is 0 Å². The fraction of sp³-hybridized carbons (Fsp3) is 0.577. The Morgan fingerprint density at radius 2 is 1.46 bits per heavy atom. The van der Waals surface area contributed by atoms with Gasteiger partial charge in [-0.2, -0.15) is 0 Å². The van der Waals surface area contributed by atoms with Crippen molar-refractivity contribution in [1.82, 2.24) is 16.0 Å². The third-order valence-corrected chi connectivity index (χ3v) is 5.88. The van der Waals surface area contributed by atoms with Crippen LogP contribution >= 0.6 is 0 Å². The second-order valence-electron chi connectivity index (χ2n) is 10.2. The average molecular weight is 550 g/mol. The SMILES string of the molecule is CC(C)C[C@H](N)C(=O)N[C@@H](Cc1ccc(O)cc1)C(=O)N[C@@H](CCCN=C(N)N)C(=O)N[C@H](C(=O)O)C(C)C. The number of carbonyl (C=O) groups is 4. The Labute approximate surface area is 229 Å². The molecule has 0 bridgehead atoms. The standard InChI is InChI=1S/C26H43N7O6/c1-14(2)12-18(27)22(35)32-20(13-16-7-9-17(34)10-8-16)24(37)31-19(6-5-11-30-26(28)29)23(36)33-21(15(3)4)25(38)39/h7-10,14-15,18-21,34H,5-6,11-13,27H2,1-4H3,(H,31,37)(H,32,35)(H,33,36)(H,38,39)(H4,28,29,30)/t18-,19-,20-,21-/m0/s1. The van der Waals surface area contributed by atoms with Gasteiger partial charge in [0, 0.05) is 13.0 Å². The second kappa shape index (κ2) is 16.2. The third-order valence-electron chi connectivity index (χ3n) is 5.88. The number of aliphatic carboxylic acids is 1. The molecule has 13 nitrogen and oxygen atoms in total. The van der Waals surface area contributed by atoms with E-state index >= 15 is 0 Å². The molecule has 1 aromatic rings. The summed E-state index contributed by atoms with van der Waals surface area (Å²) in [5, 5.41) is 26.9. The Kier molecular flexibility index (Phi) is 13.7. The fourth-order valence-electron chi connectivity index (χ4n) is 3.78. The summed E-state index contributed by atoms with van der Waals surface area (Å²) in [6.07, 6.45) is 0.870. The summed E-state index contributed by atoms with van der Waals surface area (Å²) < 4.78 is 0. The fourth-order valence-corrected chi connectivity index (χ4v) is 3.78. The summed E-state index contributed by atoms with van der Waals surface area (Å²) >= 11 is 0. The van der Waals surface area contributed by atoms with Gasteiger partial charge in [0.15, 0.2) is 5.96 Å². The molecule has 0 aliphatic rings. The van der Waals surface area contributed by atoms with Crippen LogP contribution in [0.1, 0.15) is 52.5 Å². The third kappa shape index (κ3) is 12.5. The lowest BCUT2D eigenvalue weighted by Gasteiger charge is -2.26. The normalized spacial score (nSPS) is 14.1. The van der Waals surface area contributed by atoms with Crippen molar-refractivity contribution in [2.75, 3.05) is 6.54 Å². The number of nitrogens with one attached hydrogen (secondary N) is 3. The van der Waals surface area contributed by atoms with Crippen LogP contribution in [0.4, 0.5) is 0 Å². The Morgan fingerprint density at radius 1 is 0.897 bits per heavy atom. The number of nitrogens with zero attached hydrogens (tertiary/aromatic N) is 1. The van der Waals surface area contributed by atoms with E-state index in [9.17, 15) is 29.4 Å². The van der Waals surface area contributed by atoms with Gasteiger partial charge in [0.05, 0.1) is 6.04 Å². The number of aliphatic imine (C=N–C) groups is 1. The van der Waals surface area contributed by atoms with Gasteiger partial charge in [-0.05, 0) is 48.8 Å². The number of carbonyl (C=O) groups excluding carboxylic acids is 3. The van der Waals surface area contributed by atoms with Crippen molar-refractivity contribution in [3.63, 3.8) is 0 Å². The molecule has 0 aromatic heterocycles. The predicted octanol–water partition coefficient (Wildman–Crippen LogP) is -0.443. The van der Waals surface area contributed by atoms with Gasteiger partial charge in [-0.3, -0.25) is 19.4 Å². The molecule has 13 heteroatoms. The molecule has 3 amide bonds. The summed E-state index contributed by atoms with van der Waals surface area (Å²) in [5.41, 5.74) is 17.4. The van der Waals surface area contributed by atoms with Crippen molar-refractivity contribution in [3.05, 3.63) is 29.8 Å². The molecular formula is C26H43N7O6. The first-order chi connectivity index (χ1) is 18.2. The second-order valence-corrected chi connectivity index (χ2v) is 10.2. The van der Waals surface area contributed by atoms with Crippen molar-refractivity contribution in [3.8, 4) is 5.75 Å². The Bertz CT molecular complexity index is 993. The molecule has 39 heavy (non-hydrogen) atoms. The van der Waals surface area contributed by atoms with E-state index in [1.54, 1.807) is 26.0 Å². The molecule has 0 unspecified atom stereocenters. The largest absolute Gasteiger partial charge is 0.508 e. The van der Waals surface area contributed by atoms with Crippen molar-refractivity contribution in [2.24, 2.45) is 34.0 Å². The molecule has 0 aliphatic carbocycles. The van der Waals surface area contributed by atoms with E-state index in [0.717, 1.165) is 0 Å². The number of hydrogen-bond donors (Lipinski definition) is 8. The van der Waals surface area contributed by atoms with Gasteiger partial charge < -0.3 is 43.4 Å². The molecule has 218 valence electrons. The summed E-state index contributed by atoms with van der Waals surface area (Å²) in [5.74, 6) is -3.43. The molecule has 0 saturated heterocycles. The maximum Gasteiger partial charge on any atom is 0.326 e. The first-order valence-electron chi connectivity index (χ1n) is 12.9. The first-order valence-corrected chi connectivity index (χ1v) is 12.9. The van der Waals surface area contributed by atoms with E-state index in [2.05, 4.69) is 20.9 Å².